The number of piperidine rings is 1. The molecule has 1 atom stereocenters. The van der Waals surface area contributed by atoms with Crippen LogP contribution >= 0.6 is 11.8 Å². The van der Waals surface area contributed by atoms with Gasteiger partial charge in [-0.15, -0.1) is 0 Å². The first-order chi connectivity index (χ1) is 8.88. The molecule has 0 radical (unpaired) electrons. The summed E-state index contributed by atoms with van der Waals surface area (Å²) in [6.45, 7) is 12.9. The van der Waals surface area contributed by atoms with Crippen molar-refractivity contribution < 1.29 is 0 Å². The van der Waals surface area contributed by atoms with E-state index in [2.05, 4.69) is 44.4 Å². The molecule has 0 spiro atoms. The van der Waals surface area contributed by atoms with E-state index in [-0.39, 0.29) is 5.54 Å². The molecule has 0 aromatic heterocycles. The summed E-state index contributed by atoms with van der Waals surface area (Å²) in [5, 5.41) is 0. The summed E-state index contributed by atoms with van der Waals surface area (Å²) in [6, 6.07) is 0. The molecular formula is C16H32N2S. The normalized spacial score (nSPS) is 33.8. The van der Waals surface area contributed by atoms with Crippen LogP contribution in [0, 0.1) is 17.3 Å². The van der Waals surface area contributed by atoms with E-state index in [1.165, 1.54) is 43.9 Å². The van der Waals surface area contributed by atoms with Crippen molar-refractivity contribution in [1.29, 1.82) is 0 Å². The summed E-state index contributed by atoms with van der Waals surface area (Å²) in [4.78, 5) is 2.74. The number of rotatable bonds is 3. The van der Waals surface area contributed by atoms with Crippen LogP contribution in [0.25, 0.3) is 0 Å². The van der Waals surface area contributed by atoms with Gasteiger partial charge in [-0.3, -0.25) is 4.90 Å². The molecule has 112 valence electrons. The van der Waals surface area contributed by atoms with Crippen LogP contribution in [0.1, 0.15) is 47.0 Å². The Balaban J connectivity index is 2.02. The summed E-state index contributed by atoms with van der Waals surface area (Å²) in [5.74, 6) is 4.29. The largest absolute Gasteiger partial charge is 0.329 e. The molecule has 2 fully saturated rings. The van der Waals surface area contributed by atoms with Crippen LogP contribution < -0.4 is 5.73 Å². The van der Waals surface area contributed by atoms with Gasteiger partial charge in [-0.2, -0.15) is 11.8 Å². The van der Waals surface area contributed by atoms with Gasteiger partial charge in [-0.1, -0.05) is 27.7 Å². The molecule has 2 N–H and O–H groups in total. The van der Waals surface area contributed by atoms with Crippen LogP contribution in [0.15, 0.2) is 0 Å². The van der Waals surface area contributed by atoms with Crippen LogP contribution in [0.5, 0.6) is 0 Å². The number of nitrogens with two attached hydrogens (primary N) is 1. The van der Waals surface area contributed by atoms with Gasteiger partial charge in [-0.05, 0) is 55.4 Å². The SMILES string of the molecule is CC(C)C1CCN(C2(CN)CSCC(C)(C)C2)CC1. The Hall–Kier alpha value is 0.270. The Bertz CT molecular complexity index is 295. The highest BCUT2D eigenvalue weighted by molar-refractivity contribution is 7.99. The van der Waals surface area contributed by atoms with Gasteiger partial charge in [0.2, 0.25) is 0 Å². The van der Waals surface area contributed by atoms with E-state index in [0.29, 0.717) is 5.41 Å². The van der Waals surface area contributed by atoms with E-state index in [9.17, 15) is 0 Å². The van der Waals surface area contributed by atoms with Gasteiger partial charge in [0.05, 0.1) is 0 Å². The van der Waals surface area contributed by atoms with Crippen LogP contribution in [0.2, 0.25) is 0 Å². The molecule has 0 amide bonds. The molecule has 19 heavy (non-hydrogen) atoms. The highest BCUT2D eigenvalue weighted by Gasteiger charge is 2.44. The second kappa shape index (κ2) is 5.95. The van der Waals surface area contributed by atoms with Crippen LogP contribution in [0.3, 0.4) is 0 Å². The molecule has 2 aliphatic rings. The Morgan fingerprint density at radius 1 is 1.21 bits per heavy atom. The second-order valence-corrected chi connectivity index (χ2v) is 8.82. The molecule has 0 aromatic rings. The van der Waals surface area contributed by atoms with Crippen LogP contribution in [0.4, 0.5) is 0 Å². The van der Waals surface area contributed by atoms with Crippen molar-refractivity contribution in [3.63, 3.8) is 0 Å². The lowest BCUT2D eigenvalue weighted by Crippen LogP contribution is -2.61. The van der Waals surface area contributed by atoms with Crippen molar-refractivity contribution in [3.05, 3.63) is 0 Å². The predicted octanol–water partition coefficient (Wildman–Crippen LogP) is 3.22. The lowest BCUT2D eigenvalue weighted by atomic mass is 9.77. The Labute approximate surface area is 123 Å². The van der Waals surface area contributed by atoms with Crippen LogP contribution in [-0.2, 0) is 0 Å². The number of thioether (sulfide) groups is 1. The van der Waals surface area contributed by atoms with Gasteiger partial charge in [-0.25, -0.2) is 0 Å². The average molecular weight is 285 g/mol. The molecule has 2 rings (SSSR count). The minimum atomic E-state index is 0.272. The zero-order valence-corrected chi connectivity index (χ0v) is 14.1. The highest BCUT2D eigenvalue weighted by atomic mass is 32.2. The average Bonchev–Trinajstić information content (AvgIpc) is 2.37. The van der Waals surface area contributed by atoms with Gasteiger partial charge in [0.1, 0.15) is 0 Å². The smallest absolute Gasteiger partial charge is 0.0427 e. The molecule has 2 heterocycles. The molecule has 1 unspecified atom stereocenters. The van der Waals surface area contributed by atoms with Crippen molar-refractivity contribution in [1.82, 2.24) is 4.90 Å². The molecule has 0 aromatic carbocycles. The quantitative estimate of drug-likeness (QED) is 0.863. The maximum atomic E-state index is 6.23. The van der Waals surface area contributed by atoms with E-state index in [1.54, 1.807) is 0 Å². The topological polar surface area (TPSA) is 29.3 Å². The van der Waals surface area contributed by atoms with Crippen molar-refractivity contribution in [2.24, 2.45) is 23.0 Å². The van der Waals surface area contributed by atoms with E-state index >= 15 is 0 Å². The number of hydrogen-bond donors (Lipinski definition) is 1. The summed E-state index contributed by atoms with van der Waals surface area (Å²) >= 11 is 2.11. The summed E-state index contributed by atoms with van der Waals surface area (Å²) in [5.41, 5.74) is 6.94. The maximum Gasteiger partial charge on any atom is 0.0427 e. The molecule has 2 nitrogen and oxygen atoms in total. The number of likely N-dealkylation sites (tertiary alicyclic amines) is 1. The van der Waals surface area contributed by atoms with E-state index in [1.807, 2.05) is 0 Å². The summed E-state index contributed by atoms with van der Waals surface area (Å²) in [7, 11) is 0. The summed E-state index contributed by atoms with van der Waals surface area (Å²) < 4.78 is 0. The van der Waals surface area contributed by atoms with Crippen molar-refractivity contribution in [2.75, 3.05) is 31.1 Å². The van der Waals surface area contributed by atoms with Crippen molar-refractivity contribution >= 4 is 11.8 Å². The molecular weight excluding hydrogens is 252 g/mol. The van der Waals surface area contributed by atoms with Gasteiger partial charge in [0, 0.05) is 17.8 Å². The zero-order chi connectivity index (χ0) is 14.1. The fourth-order valence-corrected chi connectivity index (χ4v) is 5.55. The third kappa shape index (κ3) is 3.48. The fraction of sp³-hybridized carbons (Fsp3) is 1.00. The van der Waals surface area contributed by atoms with E-state index in [0.717, 1.165) is 18.4 Å². The molecule has 0 saturated carbocycles. The van der Waals surface area contributed by atoms with Gasteiger partial charge in [0.25, 0.3) is 0 Å². The third-order valence-corrected chi connectivity index (χ3v) is 6.93. The molecule has 0 bridgehead atoms. The first-order valence-corrected chi connectivity index (χ1v) is 9.07. The van der Waals surface area contributed by atoms with Crippen LogP contribution in [-0.4, -0.2) is 41.6 Å². The number of nitrogens with zero attached hydrogens (tertiary/aromatic N) is 1. The third-order valence-electron chi connectivity index (χ3n) is 5.20. The monoisotopic (exact) mass is 284 g/mol. The van der Waals surface area contributed by atoms with E-state index < -0.39 is 0 Å². The van der Waals surface area contributed by atoms with Crippen molar-refractivity contribution in [3.8, 4) is 0 Å². The lowest BCUT2D eigenvalue weighted by Gasteiger charge is -2.52. The first-order valence-electron chi connectivity index (χ1n) is 7.91. The second-order valence-electron chi connectivity index (χ2n) is 7.83. The predicted molar refractivity (Wildman–Crippen MR) is 86.6 cm³/mol. The molecule has 0 aliphatic carbocycles. The molecule has 2 aliphatic heterocycles. The van der Waals surface area contributed by atoms with Gasteiger partial charge < -0.3 is 5.73 Å². The Kier molecular flexibility index (Phi) is 4.90. The lowest BCUT2D eigenvalue weighted by molar-refractivity contribution is 0.0305. The standard InChI is InChI=1S/C16H32N2S/c1-13(2)14-5-7-18(8-6-14)16(10-17)9-15(3,4)11-19-12-16/h13-14H,5-12,17H2,1-4H3. The Morgan fingerprint density at radius 2 is 1.84 bits per heavy atom. The van der Waals surface area contributed by atoms with Gasteiger partial charge in [0.15, 0.2) is 0 Å². The molecule has 3 heteroatoms. The van der Waals surface area contributed by atoms with Gasteiger partial charge >= 0.3 is 0 Å². The fourth-order valence-electron chi connectivity index (χ4n) is 4.01. The first kappa shape index (κ1) is 15.7. The number of hydrogen-bond acceptors (Lipinski definition) is 3. The highest BCUT2D eigenvalue weighted by Crippen LogP contribution is 2.43. The van der Waals surface area contributed by atoms with Crippen molar-refractivity contribution in [2.45, 2.75) is 52.5 Å². The Morgan fingerprint density at radius 3 is 2.32 bits per heavy atom. The minimum Gasteiger partial charge on any atom is -0.329 e. The van der Waals surface area contributed by atoms with E-state index in [4.69, 9.17) is 5.73 Å². The minimum absolute atomic E-state index is 0.272. The molecule has 2 saturated heterocycles. The zero-order valence-electron chi connectivity index (χ0n) is 13.2. The maximum absolute atomic E-state index is 6.23. The summed E-state index contributed by atoms with van der Waals surface area (Å²) in [6.07, 6.45) is 4.00.